The Kier molecular flexibility index (Phi) is 5.23. The third-order valence-corrected chi connectivity index (χ3v) is 3.69. The highest BCUT2D eigenvalue weighted by Gasteiger charge is 2.30. The van der Waals surface area contributed by atoms with Gasteiger partial charge in [-0.05, 0) is 37.0 Å². The van der Waals surface area contributed by atoms with Crippen LogP contribution in [0, 0.1) is 0 Å². The number of rotatable bonds is 7. The Labute approximate surface area is 116 Å². The minimum Gasteiger partial charge on any atom is -0.494 e. The maximum absolute atomic E-state index is 10.3. The Morgan fingerprint density at radius 2 is 2.11 bits per heavy atom. The van der Waals surface area contributed by atoms with Crippen molar-refractivity contribution in [1.82, 2.24) is 5.32 Å². The Bertz CT molecular complexity index is 386. The highest BCUT2D eigenvalue weighted by Crippen LogP contribution is 2.28. The van der Waals surface area contributed by atoms with Crippen LogP contribution in [-0.2, 0) is 6.54 Å². The first-order chi connectivity index (χ1) is 9.22. The van der Waals surface area contributed by atoms with Crippen LogP contribution in [0.25, 0.3) is 0 Å². The maximum Gasteiger partial charge on any atom is 0.119 e. The Balaban J connectivity index is 1.78. The molecule has 3 nitrogen and oxygen atoms in total. The number of benzene rings is 1. The molecule has 1 aromatic carbocycles. The van der Waals surface area contributed by atoms with Gasteiger partial charge in [0.2, 0.25) is 0 Å². The van der Waals surface area contributed by atoms with Crippen LogP contribution in [0.1, 0.15) is 44.6 Å². The lowest BCUT2D eigenvalue weighted by atomic mass is 10.0. The fourth-order valence-corrected chi connectivity index (χ4v) is 2.61. The quantitative estimate of drug-likeness (QED) is 0.795. The lowest BCUT2D eigenvalue weighted by Gasteiger charge is -2.22. The molecule has 1 fully saturated rings. The predicted molar refractivity (Wildman–Crippen MR) is 77.4 cm³/mol. The summed E-state index contributed by atoms with van der Waals surface area (Å²) < 4.78 is 5.62. The van der Waals surface area contributed by atoms with Crippen LogP contribution in [0.3, 0.4) is 0 Å². The van der Waals surface area contributed by atoms with Gasteiger partial charge in [-0.25, -0.2) is 0 Å². The summed E-state index contributed by atoms with van der Waals surface area (Å²) in [5, 5.41) is 13.6. The molecule has 1 aromatic rings. The van der Waals surface area contributed by atoms with Gasteiger partial charge in [0.1, 0.15) is 5.75 Å². The lowest BCUT2D eigenvalue weighted by Crippen LogP contribution is -2.37. The van der Waals surface area contributed by atoms with Crippen molar-refractivity contribution in [3.8, 4) is 5.75 Å². The summed E-state index contributed by atoms with van der Waals surface area (Å²) in [6.45, 7) is 4.34. The first-order valence-corrected chi connectivity index (χ1v) is 7.37. The molecule has 0 amide bonds. The molecule has 0 saturated heterocycles. The van der Waals surface area contributed by atoms with E-state index in [-0.39, 0.29) is 0 Å². The molecule has 1 aliphatic rings. The zero-order valence-corrected chi connectivity index (χ0v) is 11.8. The Hall–Kier alpha value is -1.06. The van der Waals surface area contributed by atoms with E-state index >= 15 is 0 Å². The zero-order valence-electron chi connectivity index (χ0n) is 11.8. The molecule has 0 aliphatic heterocycles. The summed E-state index contributed by atoms with van der Waals surface area (Å²) in [7, 11) is 0. The van der Waals surface area contributed by atoms with E-state index in [4.69, 9.17) is 4.74 Å². The molecule has 0 atom stereocenters. The third-order valence-electron chi connectivity index (χ3n) is 3.69. The normalized spacial score (nSPS) is 17.6. The predicted octanol–water partition coefficient (Wildman–Crippen LogP) is 2.87. The van der Waals surface area contributed by atoms with Crippen LogP contribution >= 0.6 is 0 Å². The highest BCUT2D eigenvalue weighted by molar-refractivity contribution is 5.28. The molecular formula is C16H25NO2. The van der Waals surface area contributed by atoms with Crippen molar-refractivity contribution in [2.75, 3.05) is 13.2 Å². The fourth-order valence-electron chi connectivity index (χ4n) is 2.61. The molecule has 1 saturated carbocycles. The second-order valence-corrected chi connectivity index (χ2v) is 5.53. The smallest absolute Gasteiger partial charge is 0.119 e. The average Bonchev–Trinajstić information content (AvgIpc) is 2.84. The molecule has 19 heavy (non-hydrogen) atoms. The minimum absolute atomic E-state index is 0.476. The zero-order chi connectivity index (χ0) is 13.6. The standard InChI is InChI=1S/C16H25NO2/c1-2-10-19-15-7-5-6-14(11-15)12-17-13-16(18)8-3-4-9-16/h5-7,11,17-18H,2-4,8-10,12-13H2,1H3. The van der Waals surface area contributed by atoms with E-state index in [1.54, 1.807) is 0 Å². The van der Waals surface area contributed by atoms with Gasteiger partial charge in [-0.1, -0.05) is 31.9 Å². The first-order valence-electron chi connectivity index (χ1n) is 7.37. The van der Waals surface area contributed by atoms with Gasteiger partial charge in [-0.15, -0.1) is 0 Å². The number of hydrogen-bond donors (Lipinski definition) is 2. The van der Waals surface area contributed by atoms with Crippen molar-refractivity contribution in [3.05, 3.63) is 29.8 Å². The number of ether oxygens (including phenoxy) is 1. The van der Waals surface area contributed by atoms with Gasteiger partial charge >= 0.3 is 0 Å². The van der Waals surface area contributed by atoms with Gasteiger partial charge in [-0.2, -0.15) is 0 Å². The van der Waals surface area contributed by atoms with E-state index in [1.807, 2.05) is 12.1 Å². The summed E-state index contributed by atoms with van der Waals surface area (Å²) in [6.07, 6.45) is 5.19. The van der Waals surface area contributed by atoms with Crippen LogP contribution in [0.2, 0.25) is 0 Å². The molecule has 0 radical (unpaired) electrons. The van der Waals surface area contributed by atoms with Gasteiger partial charge in [0.05, 0.1) is 12.2 Å². The molecule has 0 bridgehead atoms. The second kappa shape index (κ2) is 6.92. The van der Waals surface area contributed by atoms with Gasteiger partial charge in [0.25, 0.3) is 0 Å². The first kappa shape index (κ1) is 14.4. The van der Waals surface area contributed by atoms with Gasteiger partial charge in [0, 0.05) is 13.1 Å². The van der Waals surface area contributed by atoms with E-state index in [1.165, 1.54) is 5.56 Å². The molecule has 0 unspecified atom stereocenters. The molecule has 0 heterocycles. The van der Waals surface area contributed by atoms with E-state index in [9.17, 15) is 5.11 Å². The van der Waals surface area contributed by atoms with Crippen molar-refractivity contribution in [2.24, 2.45) is 0 Å². The molecule has 1 aliphatic carbocycles. The summed E-state index contributed by atoms with van der Waals surface area (Å²) in [5.41, 5.74) is 0.728. The molecule has 2 rings (SSSR count). The third kappa shape index (κ3) is 4.51. The Morgan fingerprint density at radius 1 is 1.32 bits per heavy atom. The molecule has 2 N–H and O–H groups in total. The molecular weight excluding hydrogens is 238 g/mol. The number of hydrogen-bond acceptors (Lipinski definition) is 3. The van der Waals surface area contributed by atoms with Crippen molar-refractivity contribution in [1.29, 1.82) is 0 Å². The van der Waals surface area contributed by atoms with Crippen molar-refractivity contribution >= 4 is 0 Å². The van der Waals surface area contributed by atoms with Crippen LogP contribution in [0.5, 0.6) is 5.75 Å². The van der Waals surface area contributed by atoms with Crippen LogP contribution in [0.15, 0.2) is 24.3 Å². The number of nitrogens with one attached hydrogen (secondary N) is 1. The largest absolute Gasteiger partial charge is 0.494 e. The van der Waals surface area contributed by atoms with Crippen LogP contribution in [0.4, 0.5) is 0 Å². The topological polar surface area (TPSA) is 41.5 Å². The second-order valence-electron chi connectivity index (χ2n) is 5.53. The summed E-state index contributed by atoms with van der Waals surface area (Å²) in [6, 6.07) is 8.17. The molecule has 3 heteroatoms. The van der Waals surface area contributed by atoms with Gasteiger partial charge in [0.15, 0.2) is 0 Å². The van der Waals surface area contributed by atoms with E-state index in [0.29, 0.717) is 6.54 Å². The number of aliphatic hydroxyl groups is 1. The fraction of sp³-hybridized carbons (Fsp3) is 0.625. The van der Waals surface area contributed by atoms with Gasteiger partial charge in [-0.3, -0.25) is 0 Å². The van der Waals surface area contributed by atoms with Crippen LogP contribution < -0.4 is 10.1 Å². The molecule has 106 valence electrons. The van der Waals surface area contributed by atoms with Crippen molar-refractivity contribution in [3.63, 3.8) is 0 Å². The summed E-state index contributed by atoms with van der Waals surface area (Å²) in [4.78, 5) is 0. The highest BCUT2D eigenvalue weighted by atomic mass is 16.5. The molecule has 0 aromatic heterocycles. The van der Waals surface area contributed by atoms with E-state index in [2.05, 4.69) is 24.4 Å². The van der Waals surface area contributed by atoms with E-state index < -0.39 is 5.60 Å². The van der Waals surface area contributed by atoms with Crippen LogP contribution in [-0.4, -0.2) is 23.9 Å². The Morgan fingerprint density at radius 3 is 2.84 bits per heavy atom. The monoisotopic (exact) mass is 263 g/mol. The minimum atomic E-state index is -0.476. The van der Waals surface area contributed by atoms with Crippen molar-refractivity contribution in [2.45, 2.75) is 51.2 Å². The molecule has 0 spiro atoms. The summed E-state index contributed by atoms with van der Waals surface area (Å²) in [5.74, 6) is 0.931. The van der Waals surface area contributed by atoms with Crippen molar-refractivity contribution < 1.29 is 9.84 Å². The average molecular weight is 263 g/mol. The van der Waals surface area contributed by atoms with Gasteiger partial charge < -0.3 is 15.2 Å². The summed E-state index contributed by atoms with van der Waals surface area (Å²) >= 11 is 0. The van der Waals surface area contributed by atoms with E-state index in [0.717, 1.165) is 51.0 Å². The lowest BCUT2D eigenvalue weighted by molar-refractivity contribution is 0.0475. The SMILES string of the molecule is CCCOc1cccc(CNCC2(O)CCCC2)c1. The maximum atomic E-state index is 10.3.